The summed E-state index contributed by atoms with van der Waals surface area (Å²) in [5, 5.41) is 18.5. The van der Waals surface area contributed by atoms with E-state index in [1.165, 1.54) is 13.4 Å². The van der Waals surface area contributed by atoms with Crippen molar-refractivity contribution in [3.8, 4) is 23.3 Å². The van der Waals surface area contributed by atoms with Crippen molar-refractivity contribution in [1.82, 2.24) is 0 Å². The Morgan fingerprint density at radius 3 is 2.43 bits per heavy atom. The molecular weight excluding hydrogens is 382 g/mol. The molecule has 150 valence electrons. The lowest BCUT2D eigenvalue weighted by molar-refractivity contribution is -0.130. The van der Waals surface area contributed by atoms with Crippen molar-refractivity contribution in [3.05, 3.63) is 95.7 Å². The molecule has 0 fully saturated rings. The van der Waals surface area contributed by atoms with Gasteiger partial charge in [0.2, 0.25) is 0 Å². The minimum Gasteiger partial charge on any atom is -0.503 e. The van der Waals surface area contributed by atoms with E-state index in [0.29, 0.717) is 33.9 Å². The minimum absolute atomic E-state index is 0.0474. The summed E-state index contributed by atoms with van der Waals surface area (Å²) >= 11 is 0. The first kappa shape index (κ1) is 20.5. The molecule has 0 saturated heterocycles. The molecule has 6 heteroatoms. The highest BCUT2D eigenvalue weighted by atomic mass is 16.5. The monoisotopic (exact) mass is 401 g/mol. The van der Waals surface area contributed by atoms with Crippen LogP contribution in [0.15, 0.2) is 79.1 Å². The number of nitrogens with zero attached hydrogens (tertiary/aromatic N) is 1. The predicted octanol–water partition coefficient (Wildman–Crippen LogP) is 5.00. The number of carboxylic acids is 1. The first-order valence-electron chi connectivity index (χ1n) is 9.06. The maximum atomic E-state index is 11.6. The quantitative estimate of drug-likeness (QED) is 0.422. The summed E-state index contributed by atoms with van der Waals surface area (Å²) in [6.07, 6.45) is 1.20. The zero-order valence-electron chi connectivity index (χ0n) is 16.2. The maximum Gasteiger partial charge on any atom is 0.339 e. The van der Waals surface area contributed by atoms with E-state index >= 15 is 0 Å². The highest BCUT2D eigenvalue weighted by Crippen LogP contribution is 2.27. The molecule has 0 spiro atoms. The molecule has 0 atom stereocenters. The summed E-state index contributed by atoms with van der Waals surface area (Å²) < 4.78 is 16.6. The van der Waals surface area contributed by atoms with Crippen molar-refractivity contribution in [3.63, 3.8) is 0 Å². The summed E-state index contributed by atoms with van der Waals surface area (Å²) in [5.41, 5.74) is 1.78. The molecule has 0 aliphatic rings. The van der Waals surface area contributed by atoms with Gasteiger partial charge in [-0.3, -0.25) is 0 Å². The molecule has 0 heterocycles. The Hall–Kier alpha value is -4.24. The maximum absolute atomic E-state index is 11.6. The van der Waals surface area contributed by atoms with Gasteiger partial charge in [0.25, 0.3) is 0 Å². The van der Waals surface area contributed by atoms with Crippen LogP contribution in [0.3, 0.4) is 0 Å². The Kier molecular flexibility index (Phi) is 6.70. The molecule has 0 amide bonds. The molecule has 0 aliphatic heterocycles. The van der Waals surface area contributed by atoms with Crippen molar-refractivity contribution in [2.45, 2.75) is 6.61 Å². The SMILES string of the molecule is CO/C=C(/C(=O)O)c1ccccc1COc1cccc(Oc2cccc(C#N)c2)c1. The minimum atomic E-state index is -1.08. The molecule has 0 unspecified atom stereocenters. The number of hydrogen-bond donors (Lipinski definition) is 1. The molecule has 3 aromatic carbocycles. The number of ether oxygens (including phenoxy) is 3. The second kappa shape index (κ2) is 9.80. The van der Waals surface area contributed by atoms with Crippen molar-refractivity contribution >= 4 is 11.5 Å². The Balaban J connectivity index is 1.76. The van der Waals surface area contributed by atoms with E-state index in [9.17, 15) is 9.90 Å². The van der Waals surface area contributed by atoms with Crippen molar-refractivity contribution < 1.29 is 24.1 Å². The molecule has 30 heavy (non-hydrogen) atoms. The summed E-state index contributed by atoms with van der Waals surface area (Å²) in [7, 11) is 1.40. The average molecular weight is 401 g/mol. The Morgan fingerprint density at radius 1 is 1.00 bits per heavy atom. The molecule has 0 radical (unpaired) electrons. The second-order valence-electron chi connectivity index (χ2n) is 6.23. The van der Waals surface area contributed by atoms with Crippen LogP contribution in [0, 0.1) is 11.3 Å². The van der Waals surface area contributed by atoms with Gasteiger partial charge >= 0.3 is 5.97 Å². The van der Waals surface area contributed by atoms with E-state index in [1.807, 2.05) is 6.07 Å². The molecule has 3 aromatic rings. The van der Waals surface area contributed by atoms with Gasteiger partial charge in [-0.15, -0.1) is 0 Å². The number of benzene rings is 3. The van der Waals surface area contributed by atoms with Gasteiger partial charge in [-0.25, -0.2) is 4.79 Å². The largest absolute Gasteiger partial charge is 0.503 e. The highest BCUT2D eigenvalue weighted by molar-refractivity contribution is 6.15. The predicted molar refractivity (Wildman–Crippen MR) is 111 cm³/mol. The van der Waals surface area contributed by atoms with Gasteiger partial charge in [-0.1, -0.05) is 36.4 Å². The normalized spacial score (nSPS) is 10.7. The summed E-state index contributed by atoms with van der Waals surface area (Å²) in [6, 6.07) is 23.1. The van der Waals surface area contributed by atoms with Gasteiger partial charge in [0.1, 0.15) is 29.4 Å². The zero-order valence-corrected chi connectivity index (χ0v) is 16.2. The lowest BCUT2D eigenvalue weighted by Crippen LogP contribution is -2.06. The molecule has 1 N–H and O–H groups in total. The third kappa shape index (κ3) is 5.18. The van der Waals surface area contributed by atoms with Gasteiger partial charge < -0.3 is 19.3 Å². The van der Waals surface area contributed by atoms with E-state index in [-0.39, 0.29) is 12.2 Å². The van der Waals surface area contributed by atoms with Gasteiger partial charge in [-0.05, 0) is 41.5 Å². The molecular formula is C24H19NO5. The molecule has 6 nitrogen and oxygen atoms in total. The summed E-state index contributed by atoms with van der Waals surface area (Å²) in [5.74, 6) is 0.583. The Bertz CT molecular complexity index is 1110. The molecule has 0 bridgehead atoms. The molecule has 0 saturated carbocycles. The number of carboxylic acid groups (broad SMARTS) is 1. The molecule has 0 aromatic heterocycles. The van der Waals surface area contributed by atoms with Gasteiger partial charge in [0, 0.05) is 6.07 Å². The number of rotatable bonds is 8. The number of aliphatic carboxylic acids is 1. The summed E-state index contributed by atoms with van der Waals surface area (Å²) in [4.78, 5) is 11.6. The van der Waals surface area contributed by atoms with E-state index < -0.39 is 5.97 Å². The third-order valence-electron chi connectivity index (χ3n) is 4.17. The topological polar surface area (TPSA) is 88.8 Å². The van der Waals surface area contributed by atoms with Crippen molar-refractivity contribution in [2.75, 3.05) is 7.11 Å². The lowest BCUT2D eigenvalue weighted by Gasteiger charge is -2.13. The van der Waals surface area contributed by atoms with Crippen molar-refractivity contribution in [1.29, 1.82) is 5.26 Å². The van der Waals surface area contributed by atoms with Crippen LogP contribution in [0.25, 0.3) is 5.57 Å². The van der Waals surface area contributed by atoms with E-state index in [1.54, 1.807) is 66.7 Å². The highest BCUT2D eigenvalue weighted by Gasteiger charge is 2.15. The second-order valence-corrected chi connectivity index (χ2v) is 6.23. The Morgan fingerprint density at radius 2 is 1.70 bits per heavy atom. The van der Waals surface area contributed by atoms with Gasteiger partial charge in [0.05, 0.1) is 25.0 Å². The first-order valence-corrected chi connectivity index (χ1v) is 9.06. The first-order chi connectivity index (χ1) is 14.6. The van der Waals surface area contributed by atoms with Crippen LogP contribution in [-0.2, 0) is 16.1 Å². The number of hydrogen-bond acceptors (Lipinski definition) is 5. The molecule has 3 rings (SSSR count). The zero-order chi connectivity index (χ0) is 21.3. The van der Waals surface area contributed by atoms with E-state index in [4.69, 9.17) is 19.5 Å². The summed E-state index contributed by atoms with van der Waals surface area (Å²) in [6.45, 7) is 0.165. The number of methoxy groups -OCH3 is 1. The fourth-order valence-corrected chi connectivity index (χ4v) is 2.81. The third-order valence-corrected chi connectivity index (χ3v) is 4.17. The van der Waals surface area contributed by atoms with Crippen LogP contribution < -0.4 is 9.47 Å². The fraction of sp³-hybridized carbons (Fsp3) is 0.0833. The number of nitriles is 1. The average Bonchev–Trinajstić information content (AvgIpc) is 2.76. The standard InChI is InChI=1S/C24H19NO5/c1-28-16-23(24(26)27)22-11-3-2-7-18(22)15-29-19-8-5-10-21(13-19)30-20-9-4-6-17(12-20)14-25/h2-13,16H,15H2,1H3,(H,26,27)/b23-16+. The fourth-order valence-electron chi connectivity index (χ4n) is 2.81. The van der Waals surface area contributed by atoms with Crippen LogP contribution in [-0.4, -0.2) is 18.2 Å². The van der Waals surface area contributed by atoms with Gasteiger partial charge in [0.15, 0.2) is 0 Å². The smallest absolute Gasteiger partial charge is 0.339 e. The van der Waals surface area contributed by atoms with Crippen LogP contribution >= 0.6 is 0 Å². The molecule has 0 aliphatic carbocycles. The van der Waals surface area contributed by atoms with Crippen LogP contribution in [0.4, 0.5) is 0 Å². The number of carbonyl (C=O) groups is 1. The van der Waals surface area contributed by atoms with Crippen LogP contribution in [0.5, 0.6) is 17.2 Å². The van der Waals surface area contributed by atoms with Crippen LogP contribution in [0.1, 0.15) is 16.7 Å². The van der Waals surface area contributed by atoms with E-state index in [0.717, 1.165) is 0 Å². The van der Waals surface area contributed by atoms with Crippen molar-refractivity contribution in [2.24, 2.45) is 0 Å². The lowest BCUT2D eigenvalue weighted by atomic mass is 10.0. The Labute approximate surface area is 174 Å². The van der Waals surface area contributed by atoms with E-state index in [2.05, 4.69) is 6.07 Å². The van der Waals surface area contributed by atoms with Crippen LogP contribution in [0.2, 0.25) is 0 Å². The van der Waals surface area contributed by atoms with Gasteiger partial charge in [-0.2, -0.15) is 5.26 Å².